The van der Waals surface area contributed by atoms with Gasteiger partial charge in [-0.25, -0.2) is 0 Å². The van der Waals surface area contributed by atoms with Gasteiger partial charge in [-0.15, -0.1) is 0 Å². The third kappa shape index (κ3) is 2.33. The molecule has 0 radical (unpaired) electrons. The minimum Gasteiger partial charge on any atom is -0.508 e. The van der Waals surface area contributed by atoms with Gasteiger partial charge < -0.3 is 15.7 Å². The zero-order valence-electron chi connectivity index (χ0n) is 10.5. The molecule has 1 heterocycles. The lowest BCUT2D eigenvalue weighted by molar-refractivity contribution is -0.115. The van der Waals surface area contributed by atoms with Crippen LogP contribution in [0.5, 0.6) is 5.75 Å². The average molecular weight is 268 g/mol. The fourth-order valence-corrected chi connectivity index (χ4v) is 2.16. The fourth-order valence-electron chi connectivity index (χ4n) is 2.16. The lowest BCUT2D eigenvalue weighted by atomic mass is 10.1. The number of aromatic hydroxyl groups is 1. The van der Waals surface area contributed by atoms with Crippen molar-refractivity contribution in [2.24, 2.45) is 0 Å². The molecule has 0 atom stereocenters. The van der Waals surface area contributed by atoms with Crippen LogP contribution >= 0.6 is 0 Å². The summed E-state index contributed by atoms with van der Waals surface area (Å²) >= 11 is 0. The minimum absolute atomic E-state index is 0.0643. The summed E-state index contributed by atoms with van der Waals surface area (Å²) in [6.07, 6.45) is 0.294. The van der Waals surface area contributed by atoms with Gasteiger partial charge in [-0.1, -0.05) is 6.07 Å². The summed E-state index contributed by atoms with van der Waals surface area (Å²) in [5, 5.41) is 14.8. The van der Waals surface area contributed by atoms with Gasteiger partial charge in [0.25, 0.3) is 5.91 Å². The zero-order valence-corrected chi connectivity index (χ0v) is 10.5. The van der Waals surface area contributed by atoms with Gasteiger partial charge in [0.1, 0.15) is 5.75 Å². The van der Waals surface area contributed by atoms with Crippen LogP contribution in [0.1, 0.15) is 15.9 Å². The van der Waals surface area contributed by atoms with E-state index in [1.807, 2.05) is 0 Å². The number of rotatable bonds is 2. The van der Waals surface area contributed by atoms with Crippen LogP contribution in [-0.4, -0.2) is 16.9 Å². The summed E-state index contributed by atoms with van der Waals surface area (Å²) in [7, 11) is 0. The van der Waals surface area contributed by atoms with E-state index in [0.29, 0.717) is 17.7 Å². The van der Waals surface area contributed by atoms with Crippen molar-refractivity contribution in [3.8, 4) is 5.75 Å². The summed E-state index contributed by atoms with van der Waals surface area (Å²) in [4.78, 5) is 23.4. The minimum atomic E-state index is -0.280. The van der Waals surface area contributed by atoms with E-state index in [1.54, 1.807) is 30.3 Å². The molecule has 3 rings (SSSR count). The van der Waals surface area contributed by atoms with Crippen molar-refractivity contribution in [2.75, 3.05) is 10.6 Å². The molecule has 0 spiro atoms. The maximum Gasteiger partial charge on any atom is 0.255 e. The molecule has 0 aromatic heterocycles. The smallest absolute Gasteiger partial charge is 0.255 e. The molecule has 2 aromatic rings. The first kappa shape index (κ1) is 12.2. The molecule has 100 valence electrons. The van der Waals surface area contributed by atoms with Crippen LogP contribution in [0.4, 0.5) is 11.4 Å². The maximum atomic E-state index is 12.1. The lowest BCUT2D eigenvalue weighted by Gasteiger charge is -2.07. The lowest BCUT2D eigenvalue weighted by Crippen LogP contribution is -2.11. The Morgan fingerprint density at radius 1 is 1.20 bits per heavy atom. The van der Waals surface area contributed by atoms with Crippen molar-refractivity contribution in [3.63, 3.8) is 0 Å². The molecule has 0 saturated heterocycles. The van der Waals surface area contributed by atoms with Crippen LogP contribution < -0.4 is 10.6 Å². The number of anilines is 2. The molecule has 5 nitrogen and oxygen atoms in total. The summed E-state index contributed by atoms with van der Waals surface area (Å²) in [5.74, 6) is -0.255. The molecular formula is C15H12N2O3. The number of carbonyl (C=O) groups is 2. The van der Waals surface area contributed by atoms with E-state index in [-0.39, 0.29) is 17.6 Å². The van der Waals surface area contributed by atoms with Gasteiger partial charge in [0.05, 0.1) is 6.42 Å². The van der Waals surface area contributed by atoms with Crippen LogP contribution in [0, 0.1) is 0 Å². The quantitative estimate of drug-likeness (QED) is 0.780. The number of phenols is 1. The highest BCUT2D eigenvalue weighted by Crippen LogP contribution is 2.24. The average Bonchev–Trinajstić information content (AvgIpc) is 2.77. The maximum absolute atomic E-state index is 12.1. The van der Waals surface area contributed by atoms with Crippen molar-refractivity contribution in [3.05, 3.63) is 53.6 Å². The molecule has 5 heteroatoms. The molecule has 0 aliphatic carbocycles. The van der Waals surface area contributed by atoms with Crippen LogP contribution in [0.15, 0.2) is 42.5 Å². The predicted octanol–water partition coefficient (Wildman–Crippen LogP) is 2.14. The highest BCUT2D eigenvalue weighted by atomic mass is 16.3. The van der Waals surface area contributed by atoms with Crippen LogP contribution in [0.3, 0.4) is 0 Å². The van der Waals surface area contributed by atoms with Crippen LogP contribution in [0.2, 0.25) is 0 Å². The molecule has 2 amide bonds. The Kier molecular flexibility index (Phi) is 2.87. The second-order valence-corrected chi connectivity index (χ2v) is 4.60. The predicted molar refractivity (Wildman–Crippen MR) is 74.8 cm³/mol. The van der Waals surface area contributed by atoms with Crippen molar-refractivity contribution in [1.82, 2.24) is 0 Å². The standard InChI is InChI=1S/C15H12N2O3/c18-12-3-1-2-11(8-12)16-15(20)9-4-5-13-10(6-9)7-14(19)17-13/h1-6,8,18H,7H2,(H,16,20)(H,17,19). The molecular weight excluding hydrogens is 256 g/mol. The van der Waals surface area contributed by atoms with E-state index in [4.69, 9.17) is 0 Å². The number of hydrogen-bond donors (Lipinski definition) is 3. The number of benzene rings is 2. The highest BCUT2D eigenvalue weighted by Gasteiger charge is 2.19. The third-order valence-electron chi connectivity index (χ3n) is 3.10. The van der Waals surface area contributed by atoms with Crippen molar-refractivity contribution in [1.29, 1.82) is 0 Å². The summed E-state index contributed by atoms with van der Waals surface area (Å²) in [6.45, 7) is 0. The SMILES string of the molecule is O=C1Cc2cc(C(=O)Nc3cccc(O)c3)ccc2N1. The fraction of sp³-hybridized carbons (Fsp3) is 0.0667. The second-order valence-electron chi connectivity index (χ2n) is 4.60. The van der Waals surface area contributed by atoms with Gasteiger partial charge in [0, 0.05) is 23.0 Å². The zero-order chi connectivity index (χ0) is 14.1. The largest absolute Gasteiger partial charge is 0.508 e. The molecule has 1 aliphatic rings. The van der Waals surface area contributed by atoms with Gasteiger partial charge in [-0.05, 0) is 35.9 Å². The summed E-state index contributed by atoms with van der Waals surface area (Å²) in [6, 6.07) is 11.4. The Morgan fingerprint density at radius 2 is 2.05 bits per heavy atom. The van der Waals surface area contributed by atoms with Crippen molar-refractivity contribution >= 4 is 23.2 Å². The summed E-state index contributed by atoms with van der Waals surface area (Å²) in [5.41, 5.74) is 2.57. The van der Waals surface area contributed by atoms with E-state index >= 15 is 0 Å². The normalized spacial score (nSPS) is 12.7. The topological polar surface area (TPSA) is 78.4 Å². The molecule has 0 bridgehead atoms. The Bertz CT molecular complexity index is 710. The molecule has 0 unspecified atom stereocenters. The third-order valence-corrected chi connectivity index (χ3v) is 3.10. The van der Waals surface area contributed by atoms with Gasteiger partial charge in [0.2, 0.25) is 5.91 Å². The molecule has 2 aromatic carbocycles. The van der Waals surface area contributed by atoms with E-state index in [9.17, 15) is 14.7 Å². The second kappa shape index (κ2) is 4.70. The monoisotopic (exact) mass is 268 g/mol. The number of phenolic OH excluding ortho intramolecular Hbond substituents is 1. The Labute approximate surface area is 115 Å². The van der Waals surface area contributed by atoms with Gasteiger partial charge in [0.15, 0.2) is 0 Å². The molecule has 20 heavy (non-hydrogen) atoms. The van der Waals surface area contributed by atoms with E-state index < -0.39 is 0 Å². The van der Waals surface area contributed by atoms with Crippen LogP contribution in [0.25, 0.3) is 0 Å². The Hall–Kier alpha value is -2.82. The highest BCUT2D eigenvalue weighted by molar-refractivity contribution is 6.06. The number of fused-ring (bicyclic) bond motifs is 1. The number of carbonyl (C=O) groups excluding carboxylic acids is 2. The molecule has 3 N–H and O–H groups in total. The first-order chi connectivity index (χ1) is 9.61. The first-order valence-corrected chi connectivity index (χ1v) is 6.15. The van der Waals surface area contributed by atoms with Crippen molar-refractivity contribution < 1.29 is 14.7 Å². The Balaban J connectivity index is 1.81. The van der Waals surface area contributed by atoms with Gasteiger partial charge >= 0.3 is 0 Å². The number of amides is 2. The molecule has 1 aliphatic heterocycles. The van der Waals surface area contributed by atoms with Crippen molar-refractivity contribution in [2.45, 2.75) is 6.42 Å². The van der Waals surface area contributed by atoms with E-state index in [1.165, 1.54) is 12.1 Å². The first-order valence-electron chi connectivity index (χ1n) is 6.15. The van der Waals surface area contributed by atoms with Crippen LogP contribution in [-0.2, 0) is 11.2 Å². The van der Waals surface area contributed by atoms with Gasteiger partial charge in [-0.3, -0.25) is 9.59 Å². The molecule has 0 saturated carbocycles. The number of hydrogen-bond acceptors (Lipinski definition) is 3. The van der Waals surface area contributed by atoms with E-state index in [0.717, 1.165) is 11.3 Å². The summed E-state index contributed by atoms with van der Waals surface area (Å²) < 4.78 is 0. The molecule has 0 fully saturated rings. The Morgan fingerprint density at radius 3 is 2.85 bits per heavy atom. The van der Waals surface area contributed by atoms with Gasteiger partial charge in [-0.2, -0.15) is 0 Å². The van der Waals surface area contributed by atoms with E-state index in [2.05, 4.69) is 10.6 Å². The number of nitrogens with one attached hydrogen (secondary N) is 2.